The molecule has 0 aromatic carbocycles. The van der Waals surface area contributed by atoms with Crippen molar-refractivity contribution in [1.82, 2.24) is 4.98 Å². The van der Waals surface area contributed by atoms with Gasteiger partial charge in [0, 0.05) is 31.2 Å². The molecule has 7 heteroatoms. The van der Waals surface area contributed by atoms with Crippen molar-refractivity contribution in [1.29, 1.82) is 0 Å². The van der Waals surface area contributed by atoms with Crippen molar-refractivity contribution in [3.05, 3.63) is 22.2 Å². The minimum atomic E-state index is -0.455. The predicted octanol–water partition coefficient (Wildman–Crippen LogP) is 1.84. The molecule has 2 unspecified atom stereocenters. The Bertz CT molecular complexity index is 466. The van der Waals surface area contributed by atoms with Gasteiger partial charge in [0.15, 0.2) is 0 Å². The van der Waals surface area contributed by atoms with Gasteiger partial charge in [0.05, 0.1) is 18.1 Å². The maximum absolute atomic E-state index is 10.9. The Morgan fingerprint density at radius 3 is 3.00 bits per heavy atom. The van der Waals surface area contributed by atoms with Gasteiger partial charge in [0.2, 0.25) is 11.7 Å². The molecule has 2 heterocycles. The molecule has 1 aromatic rings. The maximum atomic E-state index is 10.9. The van der Waals surface area contributed by atoms with E-state index >= 15 is 0 Å². The van der Waals surface area contributed by atoms with Crippen molar-refractivity contribution >= 4 is 11.5 Å². The second-order valence-electron chi connectivity index (χ2n) is 4.48. The fourth-order valence-electron chi connectivity index (χ4n) is 2.10. The van der Waals surface area contributed by atoms with Gasteiger partial charge in [-0.15, -0.1) is 0 Å². The third-order valence-corrected chi connectivity index (χ3v) is 3.32. The summed E-state index contributed by atoms with van der Waals surface area (Å²) >= 11 is 0. The van der Waals surface area contributed by atoms with Gasteiger partial charge in [-0.1, -0.05) is 0 Å². The van der Waals surface area contributed by atoms with E-state index in [0.717, 1.165) is 13.0 Å². The first-order valence-corrected chi connectivity index (χ1v) is 6.16. The summed E-state index contributed by atoms with van der Waals surface area (Å²) < 4.78 is 10.4. The first-order valence-electron chi connectivity index (χ1n) is 6.16. The second-order valence-corrected chi connectivity index (χ2v) is 4.48. The Morgan fingerprint density at radius 1 is 1.63 bits per heavy atom. The Morgan fingerprint density at radius 2 is 2.42 bits per heavy atom. The largest absolute Gasteiger partial charge is 0.481 e. The van der Waals surface area contributed by atoms with Crippen molar-refractivity contribution in [3.8, 4) is 5.88 Å². The minimum absolute atomic E-state index is 0.0487. The Balaban J connectivity index is 2.10. The molecule has 0 spiro atoms. The SMILES string of the molecule is COc1ccc([N+](=O)[O-])c(NCC2CCOC2C)n1. The van der Waals surface area contributed by atoms with Crippen LogP contribution in [-0.2, 0) is 4.74 Å². The topological polar surface area (TPSA) is 86.5 Å². The molecule has 0 amide bonds. The van der Waals surface area contributed by atoms with Crippen LogP contribution in [0.25, 0.3) is 0 Å². The number of hydrogen-bond acceptors (Lipinski definition) is 6. The van der Waals surface area contributed by atoms with Crippen LogP contribution in [0, 0.1) is 16.0 Å². The monoisotopic (exact) mass is 267 g/mol. The number of nitrogens with one attached hydrogen (secondary N) is 1. The lowest BCUT2D eigenvalue weighted by Gasteiger charge is -2.15. The number of nitro groups is 1. The second kappa shape index (κ2) is 5.83. The molecule has 1 aromatic heterocycles. The van der Waals surface area contributed by atoms with Crippen LogP contribution in [0.2, 0.25) is 0 Å². The van der Waals surface area contributed by atoms with Crippen LogP contribution in [0.15, 0.2) is 12.1 Å². The number of ether oxygens (including phenoxy) is 2. The predicted molar refractivity (Wildman–Crippen MR) is 69.5 cm³/mol. The summed E-state index contributed by atoms with van der Waals surface area (Å²) in [4.78, 5) is 14.6. The smallest absolute Gasteiger partial charge is 0.311 e. The number of pyridine rings is 1. The van der Waals surface area contributed by atoms with Crippen molar-refractivity contribution in [2.45, 2.75) is 19.4 Å². The lowest BCUT2D eigenvalue weighted by molar-refractivity contribution is -0.384. The normalized spacial score (nSPS) is 22.2. The number of anilines is 1. The zero-order valence-corrected chi connectivity index (χ0v) is 11.0. The van der Waals surface area contributed by atoms with Gasteiger partial charge in [-0.2, -0.15) is 4.98 Å². The van der Waals surface area contributed by atoms with Crippen LogP contribution >= 0.6 is 0 Å². The van der Waals surface area contributed by atoms with Gasteiger partial charge in [-0.3, -0.25) is 10.1 Å². The van der Waals surface area contributed by atoms with E-state index in [1.165, 1.54) is 19.2 Å². The molecule has 2 atom stereocenters. The van der Waals surface area contributed by atoms with Gasteiger partial charge >= 0.3 is 5.69 Å². The molecule has 104 valence electrons. The first-order chi connectivity index (χ1) is 9.11. The Hall–Kier alpha value is -1.89. The molecular weight excluding hydrogens is 250 g/mol. The van der Waals surface area contributed by atoms with E-state index in [0.29, 0.717) is 18.3 Å². The molecule has 2 rings (SSSR count). The van der Waals surface area contributed by atoms with E-state index in [2.05, 4.69) is 10.3 Å². The number of aromatic nitrogens is 1. The highest BCUT2D eigenvalue weighted by atomic mass is 16.6. The van der Waals surface area contributed by atoms with E-state index in [4.69, 9.17) is 9.47 Å². The zero-order chi connectivity index (χ0) is 13.8. The highest BCUT2D eigenvalue weighted by Crippen LogP contribution is 2.27. The van der Waals surface area contributed by atoms with Crippen LogP contribution < -0.4 is 10.1 Å². The first kappa shape index (κ1) is 13.5. The number of nitrogens with zero attached hydrogens (tertiary/aromatic N) is 2. The summed E-state index contributed by atoms with van der Waals surface area (Å²) in [6.07, 6.45) is 1.11. The van der Waals surface area contributed by atoms with Gasteiger partial charge < -0.3 is 14.8 Å². The van der Waals surface area contributed by atoms with E-state index in [9.17, 15) is 10.1 Å². The fraction of sp³-hybridized carbons (Fsp3) is 0.583. The molecule has 0 radical (unpaired) electrons. The van der Waals surface area contributed by atoms with Crippen LogP contribution in [-0.4, -0.2) is 36.3 Å². The van der Waals surface area contributed by atoms with Crippen molar-refractivity contribution in [2.24, 2.45) is 5.92 Å². The summed E-state index contributed by atoms with van der Waals surface area (Å²) in [5, 5.41) is 14.0. The van der Waals surface area contributed by atoms with Crippen LogP contribution in [0.1, 0.15) is 13.3 Å². The summed E-state index contributed by atoms with van der Waals surface area (Å²) in [7, 11) is 1.48. The van der Waals surface area contributed by atoms with Crippen LogP contribution in [0.4, 0.5) is 11.5 Å². The lowest BCUT2D eigenvalue weighted by Crippen LogP contribution is -2.21. The highest BCUT2D eigenvalue weighted by Gasteiger charge is 2.25. The van der Waals surface area contributed by atoms with Crippen molar-refractivity contribution < 1.29 is 14.4 Å². The molecule has 1 aliphatic heterocycles. The van der Waals surface area contributed by atoms with E-state index in [-0.39, 0.29) is 17.6 Å². The fourth-order valence-corrected chi connectivity index (χ4v) is 2.10. The number of rotatable bonds is 5. The molecule has 0 aliphatic carbocycles. The Kier molecular flexibility index (Phi) is 4.16. The Labute approximate surface area is 111 Å². The zero-order valence-electron chi connectivity index (χ0n) is 11.0. The number of methoxy groups -OCH3 is 1. The van der Waals surface area contributed by atoms with E-state index < -0.39 is 4.92 Å². The van der Waals surface area contributed by atoms with Crippen molar-refractivity contribution in [2.75, 3.05) is 25.6 Å². The third-order valence-electron chi connectivity index (χ3n) is 3.32. The molecule has 0 bridgehead atoms. The van der Waals surface area contributed by atoms with E-state index in [1.54, 1.807) is 0 Å². The highest BCUT2D eigenvalue weighted by molar-refractivity contribution is 5.57. The average Bonchev–Trinajstić information content (AvgIpc) is 2.81. The summed E-state index contributed by atoms with van der Waals surface area (Å²) in [5.74, 6) is 0.930. The molecule has 1 aliphatic rings. The van der Waals surface area contributed by atoms with E-state index in [1.807, 2.05) is 6.92 Å². The minimum Gasteiger partial charge on any atom is -0.481 e. The van der Waals surface area contributed by atoms with Crippen LogP contribution in [0.5, 0.6) is 5.88 Å². The molecule has 1 saturated heterocycles. The lowest BCUT2D eigenvalue weighted by atomic mass is 10.0. The molecule has 1 N–H and O–H groups in total. The van der Waals surface area contributed by atoms with Gasteiger partial charge in [0.1, 0.15) is 0 Å². The molecule has 19 heavy (non-hydrogen) atoms. The van der Waals surface area contributed by atoms with Crippen molar-refractivity contribution in [3.63, 3.8) is 0 Å². The molecule has 7 nitrogen and oxygen atoms in total. The summed E-state index contributed by atoms with van der Waals surface area (Å²) in [6.45, 7) is 3.34. The molecule has 1 fully saturated rings. The van der Waals surface area contributed by atoms with Gasteiger partial charge in [-0.25, -0.2) is 0 Å². The maximum Gasteiger partial charge on any atom is 0.311 e. The van der Waals surface area contributed by atoms with Crippen LogP contribution in [0.3, 0.4) is 0 Å². The third kappa shape index (κ3) is 3.11. The molecule has 0 saturated carbocycles. The number of hydrogen-bond donors (Lipinski definition) is 1. The van der Waals surface area contributed by atoms with Gasteiger partial charge in [0.25, 0.3) is 0 Å². The summed E-state index contributed by atoms with van der Waals surface area (Å²) in [5.41, 5.74) is -0.0487. The molecular formula is C12H17N3O4. The summed E-state index contributed by atoms with van der Waals surface area (Å²) in [6, 6.07) is 2.87. The quantitative estimate of drug-likeness (QED) is 0.647. The standard InChI is InChI=1S/C12H17N3O4/c1-8-9(5-6-19-8)7-13-12-10(15(16)17)3-4-11(14-12)18-2/h3-4,8-9H,5-7H2,1-2H3,(H,13,14). The van der Waals surface area contributed by atoms with Gasteiger partial charge in [-0.05, 0) is 13.3 Å². The average molecular weight is 267 g/mol.